The lowest BCUT2D eigenvalue weighted by Gasteiger charge is -2.44. The number of hydrogen-bond donors (Lipinski definition) is 0. The standard InChI is InChI=1S/C22H44N2O3Si/c1-9-22(10-2,26-6)19-12-11-15-23(19)24-16-13-18(20(24)25)14-17-27-28(7,8)21(3,4)5/h18-19H,9-17H2,1-8H3/t18-,19+/m1/s1. The fourth-order valence-electron chi connectivity index (χ4n) is 4.64. The maximum atomic E-state index is 13.2. The van der Waals surface area contributed by atoms with E-state index in [4.69, 9.17) is 9.16 Å². The molecule has 5 nitrogen and oxygen atoms in total. The number of ether oxygens (including phenoxy) is 1. The molecule has 0 aromatic heterocycles. The summed E-state index contributed by atoms with van der Waals surface area (Å²) in [7, 11) is 0.0857. The molecule has 164 valence electrons. The first-order valence-corrected chi connectivity index (χ1v) is 14.2. The van der Waals surface area contributed by atoms with Gasteiger partial charge < -0.3 is 9.16 Å². The summed E-state index contributed by atoms with van der Waals surface area (Å²) in [5.74, 6) is 0.397. The summed E-state index contributed by atoms with van der Waals surface area (Å²) in [4.78, 5) is 13.2. The summed E-state index contributed by atoms with van der Waals surface area (Å²) < 4.78 is 12.3. The summed E-state index contributed by atoms with van der Waals surface area (Å²) in [6.07, 6.45) is 6.00. The van der Waals surface area contributed by atoms with Gasteiger partial charge in [-0.1, -0.05) is 34.6 Å². The van der Waals surface area contributed by atoms with Gasteiger partial charge in [0.1, 0.15) is 0 Å². The molecule has 0 radical (unpaired) electrons. The van der Waals surface area contributed by atoms with Crippen molar-refractivity contribution in [2.45, 2.75) is 103 Å². The maximum absolute atomic E-state index is 13.2. The van der Waals surface area contributed by atoms with Crippen LogP contribution < -0.4 is 0 Å². The van der Waals surface area contributed by atoms with Crippen molar-refractivity contribution in [3.8, 4) is 0 Å². The first-order valence-electron chi connectivity index (χ1n) is 11.3. The predicted molar refractivity (Wildman–Crippen MR) is 118 cm³/mol. The van der Waals surface area contributed by atoms with Gasteiger partial charge in [0, 0.05) is 32.7 Å². The Hall–Kier alpha value is -0.433. The lowest BCUT2D eigenvalue weighted by molar-refractivity contribution is -0.162. The van der Waals surface area contributed by atoms with Crippen molar-refractivity contribution in [2.75, 3.05) is 26.8 Å². The molecule has 0 saturated carbocycles. The number of rotatable bonds is 9. The quantitative estimate of drug-likeness (QED) is 0.509. The van der Waals surface area contributed by atoms with E-state index < -0.39 is 8.32 Å². The minimum atomic E-state index is -1.74. The normalized spacial score (nSPS) is 25.1. The van der Waals surface area contributed by atoms with Crippen molar-refractivity contribution in [3.63, 3.8) is 0 Å². The Morgan fingerprint density at radius 1 is 1.11 bits per heavy atom. The lowest BCUT2D eigenvalue weighted by atomic mass is 9.87. The van der Waals surface area contributed by atoms with E-state index in [2.05, 4.69) is 52.7 Å². The molecule has 0 spiro atoms. The smallest absolute Gasteiger partial charge is 0.240 e. The van der Waals surface area contributed by atoms with Crippen molar-refractivity contribution >= 4 is 14.2 Å². The van der Waals surface area contributed by atoms with Crippen LogP contribution in [0.1, 0.15) is 73.1 Å². The molecule has 0 unspecified atom stereocenters. The number of methoxy groups -OCH3 is 1. The van der Waals surface area contributed by atoms with Gasteiger partial charge in [0.05, 0.1) is 11.6 Å². The molecule has 0 aromatic rings. The van der Waals surface area contributed by atoms with Crippen LogP contribution in [0.5, 0.6) is 0 Å². The number of amides is 1. The second-order valence-electron chi connectivity index (χ2n) is 10.1. The number of carbonyl (C=O) groups is 1. The van der Waals surface area contributed by atoms with Crippen molar-refractivity contribution in [1.82, 2.24) is 10.0 Å². The van der Waals surface area contributed by atoms with Gasteiger partial charge in [-0.3, -0.25) is 9.80 Å². The van der Waals surface area contributed by atoms with Gasteiger partial charge in [0.15, 0.2) is 8.32 Å². The Morgan fingerprint density at radius 3 is 2.29 bits per heavy atom. The fourth-order valence-corrected chi connectivity index (χ4v) is 5.70. The van der Waals surface area contributed by atoms with Gasteiger partial charge in [-0.05, 0) is 56.7 Å². The largest absolute Gasteiger partial charge is 0.417 e. The Kier molecular flexibility index (Phi) is 7.79. The monoisotopic (exact) mass is 412 g/mol. The molecule has 0 N–H and O–H groups in total. The molecular formula is C22H44N2O3Si. The van der Waals surface area contributed by atoms with Crippen LogP contribution in [-0.4, -0.2) is 62.7 Å². The number of nitrogens with zero attached hydrogens (tertiary/aromatic N) is 2. The third-order valence-electron chi connectivity index (χ3n) is 7.77. The highest BCUT2D eigenvalue weighted by Gasteiger charge is 2.47. The van der Waals surface area contributed by atoms with Crippen molar-refractivity contribution in [3.05, 3.63) is 0 Å². The van der Waals surface area contributed by atoms with Crippen molar-refractivity contribution in [1.29, 1.82) is 0 Å². The number of hydrazine groups is 1. The minimum absolute atomic E-state index is 0.103. The first kappa shape index (κ1) is 23.8. The zero-order valence-electron chi connectivity index (χ0n) is 19.6. The molecule has 0 aromatic carbocycles. The van der Waals surface area contributed by atoms with E-state index in [0.29, 0.717) is 18.6 Å². The Bertz CT molecular complexity index is 520. The number of carbonyl (C=O) groups excluding carboxylic acids is 1. The fraction of sp³-hybridized carbons (Fsp3) is 0.955. The summed E-state index contributed by atoms with van der Waals surface area (Å²) in [5.41, 5.74) is -0.152. The van der Waals surface area contributed by atoms with Crippen molar-refractivity contribution < 1.29 is 14.0 Å². The molecule has 2 fully saturated rings. The molecular weight excluding hydrogens is 368 g/mol. The van der Waals surface area contributed by atoms with Crippen molar-refractivity contribution in [2.24, 2.45) is 5.92 Å². The number of hydrogen-bond acceptors (Lipinski definition) is 4. The molecule has 2 heterocycles. The maximum Gasteiger partial charge on any atom is 0.240 e. The Balaban J connectivity index is 1.98. The SMILES string of the molecule is CCC(CC)(OC)[C@@H]1CCCN1N1CC[C@H](CCO[Si](C)(C)C(C)(C)C)C1=O. The average Bonchev–Trinajstić information content (AvgIpc) is 3.24. The average molecular weight is 413 g/mol. The molecule has 2 rings (SSSR count). The molecule has 6 heteroatoms. The van der Waals surface area contributed by atoms with Gasteiger partial charge in [-0.25, -0.2) is 5.01 Å². The molecule has 0 bridgehead atoms. The minimum Gasteiger partial charge on any atom is -0.417 e. The van der Waals surface area contributed by atoms with E-state index in [1.54, 1.807) is 0 Å². The highest BCUT2D eigenvalue weighted by Crippen LogP contribution is 2.39. The van der Waals surface area contributed by atoms with E-state index in [9.17, 15) is 4.79 Å². The van der Waals surface area contributed by atoms with E-state index in [-0.39, 0.29) is 16.6 Å². The lowest BCUT2D eigenvalue weighted by Crippen LogP contribution is -2.57. The Labute approximate surface area is 174 Å². The molecule has 2 aliphatic heterocycles. The second kappa shape index (κ2) is 9.15. The van der Waals surface area contributed by atoms with Gasteiger partial charge in [-0.2, -0.15) is 0 Å². The molecule has 28 heavy (non-hydrogen) atoms. The van der Waals surface area contributed by atoms with E-state index in [1.807, 2.05) is 12.1 Å². The van der Waals surface area contributed by atoms with Gasteiger partial charge in [0.2, 0.25) is 5.91 Å². The molecule has 2 atom stereocenters. The van der Waals surface area contributed by atoms with E-state index in [0.717, 1.165) is 51.6 Å². The highest BCUT2D eigenvalue weighted by molar-refractivity contribution is 6.74. The Morgan fingerprint density at radius 2 is 1.75 bits per heavy atom. The van der Waals surface area contributed by atoms with Crippen LogP contribution in [0.25, 0.3) is 0 Å². The second-order valence-corrected chi connectivity index (χ2v) is 15.0. The topological polar surface area (TPSA) is 42.0 Å². The molecule has 0 aliphatic carbocycles. The van der Waals surface area contributed by atoms with Crippen LogP contribution in [0, 0.1) is 5.92 Å². The zero-order chi connectivity index (χ0) is 21.2. The first-order chi connectivity index (χ1) is 13.0. The van der Waals surface area contributed by atoms with Crippen LogP contribution in [0.15, 0.2) is 0 Å². The summed E-state index contributed by atoms with van der Waals surface area (Å²) in [6.45, 7) is 18.3. The highest BCUT2D eigenvalue weighted by atomic mass is 28.4. The molecule has 1 amide bonds. The van der Waals surface area contributed by atoms with Gasteiger partial charge >= 0.3 is 0 Å². The predicted octanol–water partition coefficient (Wildman–Crippen LogP) is 4.83. The summed E-state index contributed by atoms with van der Waals surface area (Å²) >= 11 is 0. The summed E-state index contributed by atoms with van der Waals surface area (Å²) in [6, 6.07) is 0.304. The molecule has 2 aliphatic rings. The van der Waals surface area contributed by atoms with Crippen LogP contribution in [0.3, 0.4) is 0 Å². The third kappa shape index (κ3) is 4.66. The van der Waals surface area contributed by atoms with Crippen LogP contribution in [-0.2, 0) is 14.0 Å². The van der Waals surface area contributed by atoms with E-state index >= 15 is 0 Å². The van der Waals surface area contributed by atoms with Gasteiger partial charge in [-0.15, -0.1) is 0 Å². The van der Waals surface area contributed by atoms with Gasteiger partial charge in [0.25, 0.3) is 0 Å². The summed E-state index contributed by atoms with van der Waals surface area (Å²) in [5, 5.41) is 4.60. The molecule has 2 saturated heterocycles. The zero-order valence-corrected chi connectivity index (χ0v) is 20.6. The van der Waals surface area contributed by atoms with E-state index in [1.165, 1.54) is 0 Å². The third-order valence-corrected chi connectivity index (χ3v) is 12.3. The van der Waals surface area contributed by atoms with Crippen LogP contribution in [0.4, 0.5) is 0 Å². The van der Waals surface area contributed by atoms with Crippen LogP contribution in [0.2, 0.25) is 18.1 Å². The van der Waals surface area contributed by atoms with Crippen LogP contribution >= 0.6 is 0 Å².